The molecule has 0 unspecified atom stereocenters. The van der Waals surface area contributed by atoms with Gasteiger partial charge in [0, 0.05) is 30.8 Å². The normalized spacial score (nSPS) is 13.7. The third-order valence-corrected chi connectivity index (χ3v) is 5.82. The molecular weight excluding hydrogens is 484 g/mol. The van der Waals surface area contributed by atoms with Gasteiger partial charge in [0.1, 0.15) is 17.3 Å². The molecule has 0 aliphatic carbocycles. The molecule has 0 bridgehead atoms. The molecule has 2 aromatic rings. The van der Waals surface area contributed by atoms with Crippen molar-refractivity contribution >= 4 is 54.8 Å². The second-order valence-corrected chi connectivity index (χ2v) is 8.08. The molecule has 1 saturated heterocycles. The van der Waals surface area contributed by atoms with Crippen LogP contribution in [0.3, 0.4) is 0 Å². The fourth-order valence-corrected chi connectivity index (χ4v) is 4.56. The average Bonchev–Trinajstić information content (AvgIpc) is 3.15. The third-order valence-electron chi connectivity index (χ3n) is 4.14. The SMILES string of the molecule is O=[N+]([O-])c1cccc(COc2c(Br)cc(C(=S)N3CCCC3)cc2Br)c1. The summed E-state index contributed by atoms with van der Waals surface area (Å²) >= 11 is 12.7. The zero-order valence-electron chi connectivity index (χ0n) is 13.8. The molecule has 26 heavy (non-hydrogen) atoms. The smallest absolute Gasteiger partial charge is 0.269 e. The Bertz CT molecular complexity index is 831. The van der Waals surface area contributed by atoms with E-state index in [0.717, 1.165) is 38.2 Å². The average molecular weight is 500 g/mol. The Hall–Kier alpha value is -1.51. The number of benzene rings is 2. The van der Waals surface area contributed by atoms with Crippen LogP contribution in [0.2, 0.25) is 0 Å². The van der Waals surface area contributed by atoms with Gasteiger partial charge < -0.3 is 9.64 Å². The standard InChI is InChI=1S/C18H16Br2N2O3S/c19-15-9-13(18(26)21-6-1-2-7-21)10-16(20)17(15)25-11-12-4-3-5-14(8-12)22(23)24/h3-5,8-10H,1-2,6-7,11H2. The second kappa shape index (κ2) is 8.45. The first-order chi connectivity index (χ1) is 12.5. The Morgan fingerprint density at radius 1 is 1.19 bits per heavy atom. The summed E-state index contributed by atoms with van der Waals surface area (Å²) in [6, 6.07) is 10.3. The molecule has 0 amide bonds. The molecule has 8 heteroatoms. The Balaban J connectivity index is 1.75. The van der Waals surface area contributed by atoms with Gasteiger partial charge in [-0.05, 0) is 62.4 Å². The van der Waals surface area contributed by atoms with Crippen LogP contribution in [0.15, 0.2) is 45.3 Å². The van der Waals surface area contributed by atoms with Gasteiger partial charge in [0.15, 0.2) is 0 Å². The summed E-state index contributed by atoms with van der Waals surface area (Å²) in [5.74, 6) is 0.643. The zero-order valence-corrected chi connectivity index (χ0v) is 17.8. The predicted molar refractivity (Wildman–Crippen MR) is 112 cm³/mol. The van der Waals surface area contributed by atoms with Crippen LogP contribution in [0, 0.1) is 10.1 Å². The van der Waals surface area contributed by atoms with E-state index in [9.17, 15) is 10.1 Å². The Morgan fingerprint density at radius 3 is 2.46 bits per heavy atom. The molecule has 0 aromatic heterocycles. The predicted octanol–water partition coefficient (Wildman–Crippen LogP) is 5.47. The van der Waals surface area contributed by atoms with Crippen LogP contribution >= 0.6 is 44.1 Å². The lowest BCUT2D eigenvalue weighted by molar-refractivity contribution is -0.384. The first-order valence-electron chi connectivity index (χ1n) is 8.10. The van der Waals surface area contributed by atoms with Crippen LogP contribution in [-0.2, 0) is 6.61 Å². The van der Waals surface area contributed by atoms with Crippen molar-refractivity contribution in [3.8, 4) is 5.75 Å². The lowest BCUT2D eigenvalue weighted by atomic mass is 10.2. The first kappa shape index (κ1) is 19.3. The van der Waals surface area contributed by atoms with Crippen molar-refractivity contribution in [2.24, 2.45) is 0 Å². The lowest BCUT2D eigenvalue weighted by Crippen LogP contribution is -2.26. The Kier molecular flexibility index (Phi) is 6.26. The summed E-state index contributed by atoms with van der Waals surface area (Å²) in [4.78, 5) is 13.5. The summed E-state index contributed by atoms with van der Waals surface area (Å²) in [6.07, 6.45) is 2.35. The molecule has 0 N–H and O–H groups in total. The number of likely N-dealkylation sites (tertiary alicyclic amines) is 1. The molecule has 1 aliphatic heterocycles. The van der Waals surface area contributed by atoms with Crippen LogP contribution in [0.1, 0.15) is 24.0 Å². The molecule has 1 heterocycles. The van der Waals surface area contributed by atoms with Gasteiger partial charge in [-0.15, -0.1) is 0 Å². The summed E-state index contributed by atoms with van der Waals surface area (Å²) in [6.45, 7) is 2.23. The van der Waals surface area contributed by atoms with E-state index in [1.54, 1.807) is 12.1 Å². The highest BCUT2D eigenvalue weighted by atomic mass is 79.9. The molecule has 3 rings (SSSR count). The van der Waals surface area contributed by atoms with Crippen molar-refractivity contribution in [1.82, 2.24) is 4.90 Å². The quantitative estimate of drug-likeness (QED) is 0.310. The number of halogens is 2. The first-order valence-corrected chi connectivity index (χ1v) is 10.1. The van der Waals surface area contributed by atoms with E-state index in [0.29, 0.717) is 5.75 Å². The van der Waals surface area contributed by atoms with Crippen molar-refractivity contribution in [3.63, 3.8) is 0 Å². The number of thiocarbonyl (C=S) groups is 1. The molecule has 0 radical (unpaired) electrons. The number of nitro groups is 1. The second-order valence-electron chi connectivity index (χ2n) is 5.98. The van der Waals surface area contributed by atoms with Crippen molar-refractivity contribution in [2.75, 3.05) is 13.1 Å². The van der Waals surface area contributed by atoms with Crippen LogP contribution in [0.4, 0.5) is 5.69 Å². The van der Waals surface area contributed by atoms with Crippen LogP contribution in [0.25, 0.3) is 0 Å². The maximum atomic E-state index is 10.9. The topological polar surface area (TPSA) is 55.6 Å². The number of nitro benzene ring substituents is 1. The number of ether oxygens (including phenoxy) is 1. The Labute approximate surface area is 173 Å². The molecule has 5 nitrogen and oxygen atoms in total. The van der Waals surface area contributed by atoms with Crippen molar-refractivity contribution in [2.45, 2.75) is 19.4 Å². The minimum absolute atomic E-state index is 0.0514. The summed E-state index contributed by atoms with van der Waals surface area (Å²) in [7, 11) is 0. The number of rotatable bonds is 5. The molecule has 0 atom stereocenters. The summed E-state index contributed by atoms with van der Waals surface area (Å²) in [5.41, 5.74) is 1.74. The third kappa shape index (κ3) is 4.42. The van der Waals surface area contributed by atoms with E-state index in [1.165, 1.54) is 25.0 Å². The van der Waals surface area contributed by atoms with Gasteiger partial charge in [0.05, 0.1) is 13.9 Å². The lowest BCUT2D eigenvalue weighted by Gasteiger charge is -2.20. The van der Waals surface area contributed by atoms with Gasteiger partial charge in [0.2, 0.25) is 0 Å². The van der Waals surface area contributed by atoms with Gasteiger partial charge in [0.25, 0.3) is 5.69 Å². The number of non-ortho nitro benzene ring substituents is 1. The van der Waals surface area contributed by atoms with Gasteiger partial charge >= 0.3 is 0 Å². The van der Waals surface area contributed by atoms with E-state index >= 15 is 0 Å². The van der Waals surface area contributed by atoms with E-state index in [-0.39, 0.29) is 12.3 Å². The van der Waals surface area contributed by atoms with E-state index in [1.807, 2.05) is 12.1 Å². The number of hydrogen-bond acceptors (Lipinski definition) is 4. The zero-order chi connectivity index (χ0) is 18.7. The largest absolute Gasteiger partial charge is 0.487 e. The van der Waals surface area contributed by atoms with E-state index < -0.39 is 4.92 Å². The summed E-state index contributed by atoms with van der Waals surface area (Å²) in [5, 5.41) is 10.9. The van der Waals surface area contributed by atoms with Gasteiger partial charge in [-0.2, -0.15) is 0 Å². The minimum Gasteiger partial charge on any atom is -0.487 e. The fraction of sp³-hybridized carbons (Fsp3) is 0.278. The molecule has 136 valence electrons. The van der Waals surface area contributed by atoms with Gasteiger partial charge in [-0.1, -0.05) is 24.4 Å². The monoisotopic (exact) mass is 498 g/mol. The van der Waals surface area contributed by atoms with Gasteiger partial charge in [-0.3, -0.25) is 10.1 Å². The maximum Gasteiger partial charge on any atom is 0.269 e. The maximum absolute atomic E-state index is 10.9. The molecule has 0 spiro atoms. The highest BCUT2D eigenvalue weighted by molar-refractivity contribution is 9.11. The van der Waals surface area contributed by atoms with E-state index in [2.05, 4.69) is 36.8 Å². The Morgan fingerprint density at radius 2 is 1.85 bits per heavy atom. The van der Waals surface area contributed by atoms with Crippen LogP contribution in [0.5, 0.6) is 5.75 Å². The molecule has 1 fully saturated rings. The van der Waals surface area contributed by atoms with Crippen LogP contribution < -0.4 is 4.74 Å². The van der Waals surface area contributed by atoms with Crippen molar-refractivity contribution in [1.29, 1.82) is 0 Å². The molecule has 0 saturated carbocycles. The fourth-order valence-electron chi connectivity index (χ4n) is 2.84. The van der Waals surface area contributed by atoms with E-state index in [4.69, 9.17) is 17.0 Å². The summed E-state index contributed by atoms with van der Waals surface area (Å²) < 4.78 is 7.45. The van der Waals surface area contributed by atoms with Crippen molar-refractivity contribution in [3.05, 3.63) is 66.6 Å². The molecular formula is C18H16Br2N2O3S. The highest BCUT2D eigenvalue weighted by Gasteiger charge is 2.19. The van der Waals surface area contributed by atoms with Crippen LogP contribution in [-0.4, -0.2) is 27.9 Å². The number of hydrogen-bond donors (Lipinski definition) is 0. The van der Waals surface area contributed by atoms with Crippen molar-refractivity contribution < 1.29 is 9.66 Å². The van der Waals surface area contributed by atoms with Gasteiger partial charge in [-0.25, -0.2) is 0 Å². The highest BCUT2D eigenvalue weighted by Crippen LogP contribution is 2.36. The number of nitrogens with zero attached hydrogens (tertiary/aromatic N) is 2. The molecule has 2 aromatic carbocycles. The minimum atomic E-state index is -0.413. The molecule has 1 aliphatic rings.